The van der Waals surface area contributed by atoms with E-state index in [-0.39, 0.29) is 18.0 Å². The SMILES string of the molecule is Cc1cccc(C(=O)N(Cc2cc3cccc(C)c3[nH]c2=O)c2ccccc2C)c1. The van der Waals surface area contributed by atoms with E-state index in [0.717, 1.165) is 33.3 Å². The van der Waals surface area contributed by atoms with E-state index in [0.29, 0.717) is 11.1 Å². The Hall–Kier alpha value is -3.66. The predicted molar refractivity (Wildman–Crippen MR) is 122 cm³/mol. The van der Waals surface area contributed by atoms with Crippen LogP contribution in [0.1, 0.15) is 32.6 Å². The van der Waals surface area contributed by atoms with Crippen molar-refractivity contribution >= 4 is 22.5 Å². The maximum absolute atomic E-state index is 13.5. The van der Waals surface area contributed by atoms with Gasteiger partial charge in [-0.15, -0.1) is 0 Å². The average molecular weight is 396 g/mol. The van der Waals surface area contributed by atoms with Crippen LogP contribution >= 0.6 is 0 Å². The van der Waals surface area contributed by atoms with Gasteiger partial charge in [-0.3, -0.25) is 9.59 Å². The third kappa shape index (κ3) is 3.77. The topological polar surface area (TPSA) is 53.2 Å². The van der Waals surface area contributed by atoms with E-state index >= 15 is 0 Å². The Kier molecular flexibility index (Phi) is 5.23. The summed E-state index contributed by atoms with van der Waals surface area (Å²) in [4.78, 5) is 31.0. The first-order valence-corrected chi connectivity index (χ1v) is 10.00. The van der Waals surface area contributed by atoms with Gasteiger partial charge in [-0.1, -0.05) is 54.1 Å². The molecule has 0 aliphatic rings. The number of hydrogen-bond acceptors (Lipinski definition) is 2. The van der Waals surface area contributed by atoms with Gasteiger partial charge in [0.1, 0.15) is 0 Å². The van der Waals surface area contributed by atoms with Crippen LogP contribution in [0.4, 0.5) is 5.69 Å². The van der Waals surface area contributed by atoms with Gasteiger partial charge in [0.2, 0.25) is 0 Å². The molecule has 1 heterocycles. The third-order valence-electron chi connectivity index (χ3n) is 5.41. The van der Waals surface area contributed by atoms with E-state index in [2.05, 4.69) is 4.98 Å². The lowest BCUT2D eigenvalue weighted by molar-refractivity contribution is 0.0985. The second-order valence-corrected chi connectivity index (χ2v) is 7.71. The van der Waals surface area contributed by atoms with E-state index in [1.165, 1.54) is 0 Å². The number of nitrogens with one attached hydrogen (secondary N) is 1. The number of pyridine rings is 1. The Bertz CT molecular complexity index is 1300. The highest BCUT2D eigenvalue weighted by atomic mass is 16.2. The van der Waals surface area contributed by atoms with Crippen molar-refractivity contribution in [3.05, 3.63) is 111 Å². The zero-order valence-corrected chi connectivity index (χ0v) is 17.4. The minimum atomic E-state index is -0.174. The standard InChI is InChI=1S/C26H24N2O2/c1-17-8-6-12-21(14-17)26(30)28(23-13-5-4-9-18(23)2)16-22-15-20-11-7-10-19(3)24(20)27-25(22)29/h4-15H,16H2,1-3H3,(H,27,29). The molecular formula is C26H24N2O2. The van der Waals surface area contributed by atoms with Crippen LogP contribution in [-0.4, -0.2) is 10.9 Å². The number of rotatable bonds is 4. The normalized spacial score (nSPS) is 10.9. The zero-order valence-electron chi connectivity index (χ0n) is 17.4. The fraction of sp³-hybridized carbons (Fsp3) is 0.154. The highest BCUT2D eigenvalue weighted by Crippen LogP contribution is 2.24. The number of aryl methyl sites for hydroxylation is 3. The number of fused-ring (bicyclic) bond motifs is 1. The Morgan fingerprint density at radius 2 is 1.60 bits per heavy atom. The molecule has 3 aromatic carbocycles. The first-order valence-electron chi connectivity index (χ1n) is 10.00. The van der Waals surface area contributed by atoms with Crippen molar-refractivity contribution in [2.45, 2.75) is 27.3 Å². The number of benzene rings is 3. The van der Waals surface area contributed by atoms with Gasteiger partial charge in [-0.2, -0.15) is 0 Å². The van der Waals surface area contributed by atoms with Crippen molar-refractivity contribution in [2.24, 2.45) is 0 Å². The molecule has 0 bridgehead atoms. The molecule has 0 spiro atoms. The molecule has 4 aromatic rings. The lowest BCUT2D eigenvalue weighted by atomic mass is 10.1. The minimum absolute atomic E-state index is 0.128. The second-order valence-electron chi connectivity index (χ2n) is 7.71. The fourth-order valence-electron chi connectivity index (χ4n) is 3.78. The third-order valence-corrected chi connectivity index (χ3v) is 5.41. The zero-order chi connectivity index (χ0) is 21.3. The Balaban J connectivity index is 1.82. The predicted octanol–water partition coefficient (Wildman–Crippen LogP) is 5.30. The number of aromatic amines is 1. The van der Waals surface area contributed by atoms with Crippen molar-refractivity contribution < 1.29 is 4.79 Å². The summed E-state index contributed by atoms with van der Waals surface area (Å²) >= 11 is 0. The Labute approximate surface area is 175 Å². The van der Waals surface area contributed by atoms with Crippen molar-refractivity contribution in [3.63, 3.8) is 0 Å². The van der Waals surface area contributed by atoms with Crippen molar-refractivity contribution in [2.75, 3.05) is 4.90 Å². The van der Waals surface area contributed by atoms with E-state index in [1.807, 2.05) is 93.6 Å². The number of nitrogens with zero attached hydrogens (tertiary/aromatic N) is 1. The van der Waals surface area contributed by atoms with E-state index in [9.17, 15) is 9.59 Å². The van der Waals surface area contributed by atoms with Crippen molar-refractivity contribution in [3.8, 4) is 0 Å². The number of amides is 1. The van der Waals surface area contributed by atoms with Crippen molar-refractivity contribution in [1.29, 1.82) is 0 Å². The maximum Gasteiger partial charge on any atom is 0.258 e. The van der Waals surface area contributed by atoms with E-state index < -0.39 is 0 Å². The number of carbonyl (C=O) groups is 1. The number of anilines is 1. The summed E-state index contributed by atoms with van der Waals surface area (Å²) in [5, 5.41) is 0.956. The molecule has 0 unspecified atom stereocenters. The van der Waals surface area contributed by atoms with Gasteiger partial charge < -0.3 is 9.88 Å². The van der Waals surface area contributed by atoms with Gasteiger partial charge in [0.25, 0.3) is 11.5 Å². The van der Waals surface area contributed by atoms with Gasteiger partial charge >= 0.3 is 0 Å². The molecule has 4 heteroatoms. The van der Waals surface area contributed by atoms with Crippen molar-refractivity contribution in [1.82, 2.24) is 4.98 Å². The second kappa shape index (κ2) is 7.99. The molecule has 0 aliphatic carbocycles. The maximum atomic E-state index is 13.5. The first-order chi connectivity index (χ1) is 14.4. The van der Waals surface area contributed by atoms with E-state index in [4.69, 9.17) is 0 Å². The molecule has 150 valence electrons. The molecule has 4 rings (SSSR count). The molecule has 30 heavy (non-hydrogen) atoms. The Morgan fingerprint density at radius 3 is 2.37 bits per heavy atom. The van der Waals surface area contributed by atoms with Crippen LogP contribution in [0.5, 0.6) is 0 Å². The van der Waals surface area contributed by atoms with Gasteiger partial charge in [-0.05, 0) is 61.5 Å². The summed E-state index contributed by atoms with van der Waals surface area (Å²) in [6.07, 6.45) is 0. The molecule has 0 aliphatic heterocycles. The number of carbonyl (C=O) groups excluding carboxylic acids is 1. The van der Waals surface area contributed by atoms with E-state index in [1.54, 1.807) is 4.90 Å². The fourth-order valence-corrected chi connectivity index (χ4v) is 3.78. The Morgan fingerprint density at radius 1 is 0.867 bits per heavy atom. The van der Waals surface area contributed by atoms with Gasteiger partial charge in [-0.25, -0.2) is 0 Å². The summed E-state index contributed by atoms with van der Waals surface area (Å²) in [5.74, 6) is -0.128. The van der Waals surface area contributed by atoms with Gasteiger partial charge in [0.15, 0.2) is 0 Å². The summed E-state index contributed by atoms with van der Waals surface area (Å²) in [6, 6.07) is 23.1. The molecule has 0 fully saturated rings. The highest BCUT2D eigenvalue weighted by molar-refractivity contribution is 6.06. The molecule has 1 aromatic heterocycles. The van der Waals surface area contributed by atoms with Crippen LogP contribution in [0.25, 0.3) is 10.9 Å². The average Bonchev–Trinajstić information content (AvgIpc) is 2.73. The number of H-pyrrole nitrogens is 1. The largest absolute Gasteiger partial charge is 0.321 e. The molecule has 1 amide bonds. The molecule has 0 saturated heterocycles. The van der Waals surface area contributed by atoms with Crippen LogP contribution in [0.2, 0.25) is 0 Å². The molecule has 1 N–H and O–H groups in total. The molecule has 0 atom stereocenters. The van der Waals surface area contributed by atoms with Crippen LogP contribution in [0.3, 0.4) is 0 Å². The summed E-state index contributed by atoms with van der Waals surface area (Å²) in [5.41, 5.74) is 5.63. The molecular weight excluding hydrogens is 372 g/mol. The number of hydrogen-bond donors (Lipinski definition) is 1. The van der Waals surface area contributed by atoms with Crippen LogP contribution < -0.4 is 10.5 Å². The van der Waals surface area contributed by atoms with Gasteiger partial charge in [0, 0.05) is 16.8 Å². The quantitative estimate of drug-likeness (QED) is 0.509. The summed E-state index contributed by atoms with van der Waals surface area (Å²) < 4.78 is 0. The highest BCUT2D eigenvalue weighted by Gasteiger charge is 2.21. The molecule has 4 nitrogen and oxygen atoms in total. The van der Waals surface area contributed by atoms with Crippen LogP contribution in [0.15, 0.2) is 77.6 Å². The summed E-state index contributed by atoms with van der Waals surface area (Å²) in [6.45, 7) is 6.10. The smallest absolute Gasteiger partial charge is 0.258 e. The van der Waals surface area contributed by atoms with Crippen LogP contribution in [-0.2, 0) is 6.54 Å². The minimum Gasteiger partial charge on any atom is -0.321 e. The van der Waals surface area contributed by atoms with Crippen LogP contribution in [0, 0.1) is 20.8 Å². The first kappa shape index (κ1) is 19.6. The number of aromatic nitrogens is 1. The number of para-hydroxylation sites is 2. The van der Waals surface area contributed by atoms with Gasteiger partial charge in [0.05, 0.1) is 12.1 Å². The summed E-state index contributed by atoms with van der Waals surface area (Å²) in [7, 11) is 0. The lowest BCUT2D eigenvalue weighted by Gasteiger charge is -2.25. The monoisotopic (exact) mass is 396 g/mol. The molecule has 0 saturated carbocycles. The molecule has 0 radical (unpaired) electrons. The lowest BCUT2D eigenvalue weighted by Crippen LogP contribution is -2.33.